The lowest BCUT2D eigenvalue weighted by molar-refractivity contribution is -0.143. The van der Waals surface area contributed by atoms with E-state index >= 15 is 0 Å². The van der Waals surface area contributed by atoms with Gasteiger partial charge in [-0.1, -0.05) is 11.6 Å². The van der Waals surface area contributed by atoms with Crippen LogP contribution in [0.15, 0.2) is 46.6 Å². The van der Waals surface area contributed by atoms with Crippen LogP contribution in [0, 0.1) is 0 Å². The van der Waals surface area contributed by atoms with Gasteiger partial charge >= 0.3 is 18.3 Å². The Morgan fingerprint density at radius 2 is 1.52 bits per heavy atom. The number of alkyl halides is 6. The smallest absolute Gasteiger partial charge is 0.416 e. The van der Waals surface area contributed by atoms with Crippen molar-refractivity contribution in [2.75, 3.05) is 0 Å². The summed E-state index contributed by atoms with van der Waals surface area (Å²) in [4.78, 5) is 14.7. The van der Waals surface area contributed by atoms with Crippen LogP contribution in [-0.2, 0) is 12.4 Å². The molecule has 0 saturated heterocycles. The van der Waals surface area contributed by atoms with E-state index in [-0.39, 0.29) is 16.7 Å². The molecule has 12 heteroatoms. The van der Waals surface area contributed by atoms with Gasteiger partial charge in [0.25, 0.3) is 0 Å². The lowest BCUT2D eigenvalue weighted by Gasteiger charge is -2.11. The van der Waals surface area contributed by atoms with E-state index in [1.807, 2.05) is 0 Å². The number of hydrogen-bond donors (Lipinski definition) is 1. The van der Waals surface area contributed by atoms with Crippen molar-refractivity contribution in [2.45, 2.75) is 12.4 Å². The van der Waals surface area contributed by atoms with Crippen LogP contribution in [0.5, 0.6) is 5.75 Å². The SMILES string of the molecule is O=C(N=[N+]=Nc1cc(C(F)(F)F)cc(C(F)(F)F)c1)c1cc(Cl)ccc1O. The first-order valence-corrected chi connectivity index (χ1v) is 7.20. The van der Waals surface area contributed by atoms with E-state index in [0.29, 0.717) is 12.1 Å². The Morgan fingerprint density at radius 3 is 2.04 bits per heavy atom. The largest absolute Gasteiger partial charge is 0.507 e. The van der Waals surface area contributed by atoms with E-state index in [1.165, 1.54) is 6.07 Å². The topological polar surface area (TPSA) is 76.1 Å². The predicted octanol–water partition coefficient (Wildman–Crippen LogP) is 5.53. The number of benzene rings is 2. The summed E-state index contributed by atoms with van der Waals surface area (Å²) in [5, 5.41) is 15.7. The van der Waals surface area contributed by atoms with Crippen molar-refractivity contribution in [1.29, 1.82) is 0 Å². The van der Waals surface area contributed by atoms with Crippen molar-refractivity contribution in [3.63, 3.8) is 0 Å². The van der Waals surface area contributed by atoms with Crippen LogP contribution >= 0.6 is 11.6 Å². The summed E-state index contributed by atoms with van der Waals surface area (Å²) in [6, 6.07) is 3.96. The van der Waals surface area contributed by atoms with Crippen LogP contribution in [0.4, 0.5) is 32.0 Å². The molecular formula is C15H7ClF6N3O2+. The van der Waals surface area contributed by atoms with Gasteiger partial charge in [0.05, 0.1) is 16.7 Å². The number of phenols is 1. The minimum atomic E-state index is -5.05. The molecule has 0 fully saturated rings. The van der Waals surface area contributed by atoms with Gasteiger partial charge in [0.15, 0.2) is 10.8 Å². The van der Waals surface area contributed by atoms with Crippen molar-refractivity contribution in [3.8, 4) is 5.75 Å². The monoisotopic (exact) mass is 410 g/mol. The maximum absolute atomic E-state index is 12.7. The van der Waals surface area contributed by atoms with Crippen molar-refractivity contribution >= 4 is 23.2 Å². The highest BCUT2D eigenvalue weighted by molar-refractivity contribution is 6.31. The lowest BCUT2D eigenvalue weighted by atomic mass is 10.1. The molecule has 2 rings (SSSR count). The Hall–Kier alpha value is -2.91. The first kappa shape index (κ1) is 20.4. The summed E-state index contributed by atoms with van der Waals surface area (Å²) in [5.74, 6) is -1.65. The number of rotatable bonds is 2. The van der Waals surface area contributed by atoms with Gasteiger partial charge in [-0.3, -0.25) is 4.79 Å². The van der Waals surface area contributed by atoms with Gasteiger partial charge in [0.2, 0.25) is 10.0 Å². The second-order valence-corrected chi connectivity index (χ2v) is 5.46. The summed E-state index contributed by atoms with van der Waals surface area (Å²) in [7, 11) is 0. The first-order valence-electron chi connectivity index (χ1n) is 6.82. The van der Waals surface area contributed by atoms with E-state index in [0.717, 1.165) is 12.1 Å². The maximum Gasteiger partial charge on any atom is 0.416 e. The molecule has 0 saturated carbocycles. The van der Waals surface area contributed by atoms with Gasteiger partial charge < -0.3 is 5.11 Å². The molecule has 0 aliphatic heterocycles. The van der Waals surface area contributed by atoms with Crippen LogP contribution in [0.25, 0.3) is 0 Å². The zero-order valence-electron chi connectivity index (χ0n) is 12.8. The second-order valence-electron chi connectivity index (χ2n) is 5.02. The maximum atomic E-state index is 12.7. The molecule has 0 aliphatic carbocycles. The molecule has 2 aromatic rings. The Morgan fingerprint density at radius 1 is 0.963 bits per heavy atom. The van der Waals surface area contributed by atoms with Crippen molar-refractivity contribution in [1.82, 2.24) is 4.91 Å². The molecule has 27 heavy (non-hydrogen) atoms. The molecule has 0 aliphatic rings. The molecule has 0 unspecified atom stereocenters. The summed E-state index contributed by atoms with van der Waals surface area (Å²) < 4.78 is 76.4. The van der Waals surface area contributed by atoms with E-state index in [9.17, 15) is 36.2 Å². The number of carbonyl (C=O) groups is 1. The molecule has 0 spiro atoms. The highest BCUT2D eigenvalue weighted by Gasteiger charge is 2.37. The highest BCUT2D eigenvalue weighted by atomic mass is 35.5. The zero-order valence-corrected chi connectivity index (χ0v) is 13.6. The van der Waals surface area contributed by atoms with Gasteiger partial charge in [0, 0.05) is 5.02 Å². The van der Waals surface area contributed by atoms with E-state index in [2.05, 4.69) is 15.1 Å². The molecule has 142 valence electrons. The summed E-state index contributed by atoms with van der Waals surface area (Å²) in [6.45, 7) is 0. The standard InChI is InChI=1S/C15H6ClF6N3O2/c16-9-1-2-12(26)11(6-9)13(27)24-25-23-10-4-7(14(17,18)19)3-8(5-10)15(20,21)22/h1-6H/p+1. The minimum absolute atomic E-state index is 0.0781. The van der Waals surface area contributed by atoms with Gasteiger partial charge in [-0.2, -0.15) is 26.3 Å². The molecular weight excluding hydrogens is 404 g/mol. The number of nitrogens with zero attached hydrogens (tertiary/aromatic N) is 3. The average Bonchev–Trinajstić information content (AvgIpc) is 2.55. The van der Waals surface area contributed by atoms with Gasteiger partial charge in [0.1, 0.15) is 5.75 Å². The Kier molecular flexibility index (Phi) is 5.57. The lowest BCUT2D eigenvalue weighted by Crippen LogP contribution is -2.10. The van der Waals surface area contributed by atoms with Gasteiger partial charge in [-0.05, 0) is 36.4 Å². The zero-order chi connectivity index (χ0) is 20.4. The van der Waals surface area contributed by atoms with Gasteiger partial charge in [-0.15, -0.1) is 0 Å². The summed E-state index contributed by atoms with van der Waals surface area (Å²) in [5.41, 5.74) is -4.37. The van der Waals surface area contributed by atoms with Crippen LogP contribution < -0.4 is 4.91 Å². The van der Waals surface area contributed by atoms with Crippen molar-refractivity contribution < 1.29 is 36.2 Å². The van der Waals surface area contributed by atoms with Crippen LogP contribution in [0.3, 0.4) is 0 Å². The quantitative estimate of drug-likeness (QED) is 0.401. The van der Waals surface area contributed by atoms with Crippen molar-refractivity contribution in [3.05, 3.63) is 58.1 Å². The van der Waals surface area contributed by atoms with Gasteiger partial charge in [-0.25, -0.2) is 0 Å². The molecule has 0 atom stereocenters. The van der Waals surface area contributed by atoms with Crippen LogP contribution in [0.2, 0.25) is 5.02 Å². The third-order valence-corrected chi connectivity index (χ3v) is 3.29. The molecule has 0 heterocycles. The normalized spacial score (nSPS) is 11.7. The molecule has 0 bridgehead atoms. The number of phenolic OH excluding ortho intramolecular Hbond substituents is 1. The summed E-state index contributed by atoms with van der Waals surface area (Å²) >= 11 is 5.64. The fraction of sp³-hybridized carbons (Fsp3) is 0.133. The number of carbonyl (C=O) groups excluding carboxylic acids is 1. The summed E-state index contributed by atoms with van der Waals surface area (Å²) in [6.07, 6.45) is -10.1. The molecule has 0 radical (unpaired) electrons. The van der Waals surface area contributed by atoms with E-state index in [4.69, 9.17) is 11.6 Å². The number of aromatic hydroxyl groups is 1. The molecule has 1 amide bonds. The van der Waals surface area contributed by atoms with E-state index < -0.39 is 40.8 Å². The van der Waals surface area contributed by atoms with Crippen LogP contribution in [-0.4, -0.2) is 11.0 Å². The number of hydrogen-bond acceptors (Lipinski definition) is 3. The predicted molar refractivity (Wildman–Crippen MR) is 80.5 cm³/mol. The second kappa shape index (κ2) is 7.37. The Balaban J connectivity index is 2.42. The average molecular weight is 411 g/mol. The first-order chi connectivity index (χ1) is 12.4. The molecule has 1 N–H and O–H groups in total. The number of halogens is 7. The molecule has 0 aromatic heterocycles. The third-order valence-electron chi connectivity index (χ3n) is 3.06. The Labute approximate surface area is 151 Å². The van der Waals surface area contributed by atoms with Crippen LogP contribution in [0.1, 0.15) is 21.5 Å². The fourth-order valence-electron chi connectivity index (χ4n) is 1.84. The highest BCUT2D eigenvalue weighted by Crippen LogP contribution is 2.38. The minimum Gasteiger partial charge on any atom is -0.507 e. The Bertz CT molecular complexity index is 917. The molecule has 2 aromatic carbocycles. The van der Waals surface area contributed by atoms with Crippen molar-refractivity contribution in [2.24, 2.45) is 10.2 Å². The fourth-order valence-corrected chi connectivity index (χ4v) is 2.02. The molecule has 5 nitrogen and oxygen atoms in total. The number of amides is 1. The third kappa shape index (κ3) is 5.28. The van der Waals surface area contributed by atoms with E-state index in [1.54, 1.807) is 0 Å².